The van der Waals surface area contributed by atoms with Gasteiger partial charge in [-0.1, -0.05) is 46.3 Å². The van der Waals surface area contributed by atoms with E-state index in [9.17, 15) is 0 Å². The van der Waals surface area contributed by atoms with E-state index in [1.54, 1.807) is 0 Å². The van der Waals surface area contributed by atoms with Crippen LogP contribution >= 0.6 is 15.9 Å². The van der Waals surface area contributed by atoms with Crippen molar-refractivity contribution in [2.75, 3.05) is 0 Å². The Hall–Kier alpha value is -1.08. The van der Waals surface area contributed by atoms with Gasteiger partial charge in [-0.25, -0.2) is 0 Å². The standard InChI is InChI=1S/C19H21Br/c1-2-3-14-4-6-15(7-5-14)16-8-9-18-13-19(20)11-10-17(18)12-16/h2,8-15H,1,3-7H2. The smallest absolute Gasteiger partial charge is 0.0181 e. The molecule has 0 atom stereocenters. The molecule has 1 aliphatic carbocycles. The highest BCUT2D eigenvalue weighted by atomic mass is 79.9. The molecule has 0 heterocycles. The zero-order valence-electron chi connectivity index (χ0n) is 11.8. The quantitative estimate of drug-likeness (QED) is 0.567. The highest BCUT2D eigenvalue weighted by molar-refractivity contribution is 9.10. The van der Waals surface area contributed by atoms with Gasteiger partial charge in [-0.2, -0.15) is 0 Å². The van der Waals surface area contributed by atoms with Crippen LogP contribution < -0.4 is 0 Å². The van der Waals surface area contributed by atoms with E-state index in [1.165, 1.54) is 48.4 Å². The number of allylic oxidation sites excluding steroid dienone is 1. The monoisotopic (exact) mass is 328 g/mol. The predicted molar refractivity (Wildman–Crippen MR) is 91.2 cm³/mol. The minimum Gasteiger partial charge on any atom is -0.103 e. The molecule has 0 aromatic heterocycles. The average Bonchev–Trinajstić information content (AvgIpc) is 2.48. The lowest BCUT2D eigenvalue weighted by molar-refractivity contribution is 0.328. The fraction of sp³-hybridized carbons (Fsp3) is 0.368. The fourth-order valence-electron chi connectivity index (χ4n) is 3.46. The first kappa shape index (κ1) is 13.9. The van der Waals surface area contributed by atoms with Gasteiger partial charge in [0.25, 0.3) is 0 Å². The van der Waals surface area contributed by atoms with Crippen LogP contribution in [0.2, 0.25) is 0 Å². The Balaban J connectivity index is 1.78. The molecule has 0 N–H and O–H groups in total. The summed E-state index contributed by atoms with van der Waals surface area (Å²) < 4.78 is 1.16. The van der Waals surface area contributed by atoms with Crippen LogP contribution in [-0.4, -0.2) is 0 Å². The molecule has 1 aliphatic rings. The second-order valence-electron chi connectivity index (χ2n) is 5.99. The number of fused-ring (bicyclic) bond motifs is 1. The third-order valence-electron chi connectivity index (χ3n) is 4.64. The van der Waals surface area contributed by atoms with Crippen LogP contribution in [0.4, 0.5) is 0 Å². The van der Waals surface area contributed by atoms with Gasteiger partial charge in [0, 0.05) is 4.47 Å². The van der Waals surface area contributed by atoms with Crippen molar-refractivity contribution in [1.29, 1.82) is 0 Å². The highest BCUT2D eigenvalue weighted by Crippen LogP contribution is 2.38. The van der Waals surface area contributed by atoms with Crippen LogP contribution in [0.1, 0.15) is 43.6 Å². The lowest BCUT2D eigenvalue weighted by atomic mass is 9.77. The van der Waals surface area contributed by atoms with Crippen LogP contribution in [0.5, 0.6) is 0 Å². The highest BCUT2D eigenvalue weighted by Gasteiger charge is 2.21. The number of benzene rings is 2. The van der Waals surface area contributed by atoms with E-state index >= 15 is 0 Å². The summed E-state index contributed by atoms with van der Waals surface area (Å²) in [6, 6.07) is 13.5. The van der Waals surface area contributed by atoms with E-state index in [4.69, 9.17) is 0 Å². The Morgan fingerprint density at radius 3 is 2.45 bits per heavy atom. The molecule has 0 unspecified atom stereocenters. The lowest BCUT2D eigenvalue weighted by Gasteiger charge is -2.28. The molecule has 0 aliphatic heterocycles. The van der Waals surface area contributed by atoms with Crippen molar-refractivity contribution in [2.45, 2.75) is 38.0 Å². The molecular weight excluding hydrogens is 308 g/mol. The van der Waals surface area contributed by atoms with Crippen molar-refractivity contribution in [3.8, 4) is 0 Å². The Labute approximate surface area is 130 Å². The minimum absolute atomic E-state index is 0.754. The van der Waals surface area contributed by atoms with Crippen LogP contribution in [0.15, 0.2) is 53.5 Å². The zero-order chi connectivity index (χ0) is 13.9. The summed E-state index contributed by atoms with van der Waals surface area (Å²) >= 11 is 3.54. The summed E-state index contributed by atoms with van der Waals surface area (Å²) in [7, 11) is 0. The first-order chi connectivity index (χ1) is 9.76. The Morgan fingerprint density at radius 2 is 1.70 bits per heavy atom. The summed E-state index contributed by atoms with van der Waals surface area (Å²) in [6.07, 6.45) is 8.66. The van der Waals surface area contributed by atoms with E-state index in [0.29, 0.717) is 0 Å². The molecule has 0 amide bonds. The summed E-state index contributed by atoms with van der Waals surface area (Å²) in [4.78, 5) is 0. The lowest BCUT2D eigenvalue weighted by Crippen LogP contribution is -2.12. The molecule has 104 valence electrons. The van der Waals surface area contributed by atoms with E-state index in [1.807, 2.05) is 0 Å². The molecule has 0 bridgehead atoms. The van der Waals surface area contributed by atoms with Gasteiger partial charge in [0.15, 0.2) is 0 Å². The van der Waals surface area contributed by atoms with Crippen LogP contribution in [0, 0.1) is 5.92 Å². The molecule has 2 aromatic rings. The topological polar surface area (TPSA) is 0 Å². The Kier molecular flexibility index (Phi) is 4.26. The maximum atomic E-state index is 3.87. The third-order valence-corrected chi connectivity index (χ3v) is 5.14. The summed E-state index contributed by atoms with van der Waals surface area (Å²) in [6.45, 7) is 3.87. The summed E-state index contributed by atoms with van der Waals surface area (Å²) in [5, 5.41) is 2.68. The molecule has 1 heteroatoms. The molecule has 3 rings (SSSR count). The van der Waals surface area contributed by atoms with E-state index in [-0.39, 0.29) is 0 Å². The number of hydrogen-bond donors (Lipinski definition) is 0. The molecule has 1 fully saturated rings. The van der Waals surface area contributed by atoms with Gasteiger partial charge in [-0.15, -0.1) is 6.58 Å². The largest absolute Gasteiger partial charge is 0.103 e. The molecule has 0 radical (unpaired) electrons. The first-order valence-electron chi connectivity index (χ1n) is 7.56. The van der Waals surface area contributed by atoms with Crippen LogP contribution in [0.3, 0.4) is 0 Å². The second-order valence-corrected chi connectivity index (χ2v) is 6.91. The normalized spacial score (nSPS) is 22.9. The van der Waals surface area contributed by atoms with Crippen molar-refractivity contribution in [2.24, 2.45) is 5.92 Å². The maximum Gasteiger partial charge on any atom is 0.0181 e. The van der Waals surface area contributed by atoms with E-state index in [0.717, 1.165) is 16.3 Å². The molecule has 0 nitrogen and oxygen atoms in total. The molecule has 20 heavy (non-hydrogen) atoms. The second kappa shape index (κ2) is 6.13. The maximum absolute atomic E-state index is 3.87. The Bertz CT molecular complexity index is 606. The SMILES string of the molecule is C=CCC1CCC(c2ccc3cc(Br)ccc3c2)CC1. The van der Waals surface area contributed by atoms with Gasteiger partial charge < -0.3 is 0 Å². The van der Waals surface area contributed by atoms with E-state index in [2.05, 4.69) is 65.0 Å². The van der Waals surface area contributed by atoms with Gasteiger partial charge in [0.1, 0.15) is 0 Å². The minimum atomic E-state index is 0.754. The predicted octanol–water partition coefficient (Wildman–Crippen LogP) is 6.45. The van der Waals surface area contributed by atoms with Crippen molar-refractivity contribution >= 4 is 26.7 Å². The number of rotatable bonds is 3. The molecule has 2 aromatic carbocycles. The van der Waals surface area contributed by atoms with Gasteiger partial charge in [0.2, 0.25) is 0 Å². The molecule has 0 saturated heterocycles. The van der Waals surface area contributed by atoms with Crippen LogP contribution in [0.25, 0.3) is 10.8 Å². The summed E-state index contributed by atoms with van der Waals surface area (Å²) in [5.74, 6) is 1.63. The van der Waals surface area contributed by atoms with Crippen molar-refractivity contribution in [3.63, 3.8) is 0 Å². The third kappa shape index (κ3) is 2.98. The Morgan fingerprint density at radius 1 is 1.00 bits per heavy atom. The van der Waals surface area contributed by atoms with Crippen LogP contribution in [-0.2, 0) is 0 Å². The van der Waals surface area contributed by atoms with Gasteiger partial charge in [0.05, 0.1) is 0 Å². The average molecular weight is 329 g/mol. The summed E-state index contributed by atoms with van der Waals surface area (Å²) in [5.41, 5.74) is 1.52. The van der Waals surface area contributed by atoms with Gasteiger partial charge >= 0.3 is 0 Å². The molecule has 0 spiro atoms. The molecular formula is C19H21Br. The zero-order valence-corrected chi connectivity index (χ0v) is 13.4. The first-order valence-corrected chi connectivity index (χ1v) is 8.35. The van der Waals surface area contributed by atoms with Crippen molar-refractivity contribution in [3.05, 3.63) is 59.1 Å². The van der Waals surface area contributed by atoms with Crippen molar-refractivity contribution in [1.82, 2.24) is 0 Å². The number of hydrogen-bond acceptors (Lipinski definition) is 0. The fourth-order valence-corrected chi connectivity index (χ4v) is 3.83. The van der Waals surface area contributed by atoms with E-state index < -0.39 is 0 Å². The number of halogens is 1. The van der Waals surface area contributed by atoms with Gasteiger partial charge in [-0.05, 0) is 72.4 Å². The van der Waals surface area contributed by atoms with Gasteiger partial charge in [-0.3, -0.25) is 0 Å². The van der Waals surface area contributed by atoms with Crippen molar-refractivity contribution < 1.29 is 0 Å². The molecule has 1 saturated carbocycles.